The molecule has 3 amide bonds. The van der Waals surface area contributed by atoms with E-state index >= 15 is 0 Å². The maximum absolute atomic E-state index is 13.0. The van der Waals surface area contributed by atoms with Crippen LogP contribution < -0.4 is 10.2 Å². The van der Waals surface area contributed by atoms with Crippen LogP contribution in [0.3, 0.4) is 0 Å². The van der Waals surface area contributed by atoms with Crippen molar-refractivity contribution in [1.82, 2.24) is 4.90 Å². The average molecular weight is 468 g/mol. The van der Waals surface area contributed by atoms with Crippen LogP contribution >= 0.6 is 0 Å². The van der Waals surface area contributed by atoms with Crippen molar-refractivity contribution in [2.45, 2.75) is 25.7 Å². The lowest BCUT2D eigenvalue weighted by Crippen LogP contribution is -2.44. The van der Waals surface area contributed by atoms with Gasteiger partial charge in [0.15, 0.2) is 0 Å². The third-order valence-electron chi connectivity index (χ3n) is 6.87. The average Bonchev–Trinajstić information content (AvgIpc) is 3.33. The number of nitrogens with one attached hydrogen (secondary N) is 1. The summed E-state index contributed by atoms with van der Waals surface area (Å²) in [5, 5.41) is 2.97. The van der Waals surface area contributed by atoms with E-state index in [0.717, 1.165) is 30.5 Å². The molecule has 1 saturated heterocycles. The highest BCUT2D eigenvalue weighted by Crippen LogP contribution is 2.29. The fourth-order valence-electron chi connectivity index (χ4n) is 4.95. The summed E-state index contributed by atoms with van der Waals surface area (Å²) in [6.45, 7) is 1.80. The van der Waals surface area contributed by atoms with Gasteiger partial charge in [-0.1, -0.05) is 48.5 Å². The molecule has 5 rings (SSSR count). The van der Waals surface area contributed by atoms with Gasteiger partial charge in [-0.2, -0.15) is 0 Å². The van der Waals surface area contributed by atoms with E-state index < -0.39 is 0 Å². The van der Waals surface area contributed by atoms with Crippen LogP contribution in [0.4, 0.5) is 11.4 Å². The topological polar surface area (TPSA) is 69.7 Å². The first kappa shape index (κ1) is 22.8. The summed E-state index contributed by atoms with van der Waals surface area (Å²) in [6, 6.07) is 24.7. The van der Waals surface area contributed by atoms with Gasteiger partial charge in [-0.05, 0) is 60.7 Å². The van der Waals surface area contributed by atoms with E-state index in [4.69, 9.17) is 0 Å². The van der Waals surface area contributed by atoms with Crippen LogP contribution in [0.25, 0.3) is 0 Å². The number of benzene rings is 3. The molecule has 6 nitrogen and oxygen atoms in total. The molecule has 3 aromatic rings. The second-order valence-electron chi connectivity index (χ2n) is 9.24. The van der Waals surface area contributed by atoms with E-state index in [9.17, 15) is 14.4 Å². The fraction of sp³-hybridized carbons (Fsp3) is 0.276. The van der Waals surface area contributed by atoms with Gasteiger partial charge in [0.1, 0.15) is 0 Å². The fourth-order valence-corrected chi connectivity index (χ4v) is 4.95. The Bertz CT molecular complexity index is 1220. The lowest BCUT2D eigenvalue weighted by atomic mass is 9.96. The summed E-state index contributed by atoms with van der Waals surface area (Å²) in [5.74, 6) is -0.312. The second-order valence-corrected chi connectivity index (χ2v) is 9.24. The third kappa shape index (κ3) is 5.11. The largest absolute Gasteiger partial charge is 0.342 e. The molecule has 2 aliphatic heterocycles. The highest BCUT2D eigenvalue weighted by molar-refractivity contribution is 6.07. The van der Waals surface area contributed by atoms with E-state index in [1.165, 1.54) is 5.56 Å². The van der Waals surface area contributed by atoms with Crippen LogP contribution in [0.2, 0.25) is 0 Å². The molecule has 1 unspecified atom stereocenters. The van der Waals surface area contributed by atoms with Gasteiger partial charge < -0.3 is 15.1 Å². The minimum atomic E-state index is -0.245. The number of fused-ring (bicyclic) bond motifs is 1. The van der Waals surface area contributed by atoms with Gasteiger partial charge in [0.05, 0.1) is 12.3 Å². The smallest absolute Gasteiger partial charge is 0.258 e. The maximum atomic E-state index is 13.0. The van der Waals surface area contributed by atoms with Crippen molar-refractivity contribution in [3.63, 3.8) is 0 Å². The zero-order chi connectivity index (χ0) is 24.2. The molecule has 0 bridgehead atoms. The quantitative estimate of drug-likeness (QED) is 0.608. The molecular weight excluding hydrogens is 438 g/mol. The highest BCUT2D eigenvalue weighted by atomic mass is 16.2. The zero-order valence-electron chi connectivity index (χ0n) is 19.7. The van der Waals surface area contributed by atoms with Crippen LogP contribution in [0.1, 0.15) is 34.3 Å². The molecule has 6 heteroatoms. The van der Waals surface area contributed by atoms with Gasteiger partial charge in [0.25, 0.3) is 5.91 Å². The molecule has 0 aliphatic carbocycles. The van der Waals surface area contributed by atoms with Gasteiger partial charge in [-0.15, -0.1) is 0 Å². The number of hydrogen-bond donors (Lipinski definition) is 1. The van der Waals surface area contributed by atoms with Gasteiger partial charge in [-0.3, -0.25) is 14.4 Å². The van der Waals surface area contributed by atoms with Crippen molar-refractivity contribution in [3.8, 4) is 0 Å². The Morgan fingerprint density at radius 3 is 2.40 bits per heavy atom. The van der Waals surface area contributed by atoms with Crippen molar-refractivity contribution < 1.29 is 14.4 Å². The zero-order valence-corrected chi connectivity index (χ0v) is 19.7. The number of carbonyl (C=O) groups is 3. The minimum Gasteiger partial charge on any atom is -0.342 e. The van der Waals surface area contributed by atoms with E-state index in [0.29, 0.717) is 37.3 Å². The van der Waals surface area contributed by atoms with Crippen LogP contribution in [-0.4, -0.2) is 42.3 Å². The van der Waals surface area contributed by atoms with Crippen LogP contribution in [0.15, 0.2) is 78.9 Å². The number of piperidine rings is 1. The van der Waals surface area contributed by atoms with Gasteiger partial charge in [-0.25, -0.2) is 0 Å². The molecule has 0 saturated carbocycles. The molecule has 1 N–H and O–H groups in total. The lowest BCUT2D eigenvalue weighted by Gasteiger charge is -2.32. The Morgan fingerprint density at radius 2 is 1.60 bits per heavy atom. The first-order valence-corrected chi connectivity index (χ1v) is 12.2. The predicted molar refractivity (Wildman–Crippen MR) is 136 cm³/mol. The Labute approximate surface area is 205 Å². The number of anilines is 2. The molecule has 0 spiro atoms. The van der Waals surface area contributed by atoms with Crippen LogP contribution in [-0.2, 0) is 22.4 Å². The third-order valence-corrected chi connectivity index (χ3v) is 6.87. The van der Waals surface area contributed by atoms with Gasteiger partial charge >= 0.3 is 0 Å². The van der Waals surface area contributed by atoms with Gasteiger partial charge in [0, 0.05) is 36.6 Å². The summed E-state index contributed by atoms with van der Waals surface area (Å²) >= 11 is 0. The summed E-state index contributed by atoms with van der Waals surface area (Å²) in [4.78, 5) is 42.3. The number of hydrogen-bond acceptors (Lipinski definition) is 3. The first-order valence-electron chi connectivity index (χ1n) is 12.2. The number of amides is 3. The first-order chi connectivity index (χ1) is 17.1. The Morgan fingerprint density at radius 1 is 0.857 bits per heavy atom. The van der Waals surface area contributed by atoms with Crippen molar-refractivity contribution in [3.05, 3.63) is 95.6 Å². The molecule has 2 aliphatic rings. The van der Waals surface area contributed by atoms with Crippen molar-refractivity contribution >= 4 is 29.1 Å². The lowest BCUT2D eigenvalue weighted by molar-refractivity contribution is -0.133. The van der Waals surface area contributed by atoms with Crippen molar-refractivity contribution in [1.29, 1.82) is 0 Å². The number of carbonyl (C=O) groups excluding carboxylic acids is 3. The molecule has 178 valence electrons. The van der Waals surface area contributed by atoms with Gasteiger partial charge in [0.2, 0.25) is 11.8 Å². The molecule has 1 fully saturated rings. The minimum absolute atomic E-state index is 0.0346. The molecule has 0 radical (unpaired) electrons. The van der Waals surface area contributed by atoms with E-state index in [2.05, 4.69) is 11.4 Å². The standard InChI is InChI=1S/C29H29N3O3/c33-27(19-21-7-2-1-3-8-21)31-17-6-10-24(20-31)28(34)30-25-14-12-23(13-15-25)29(35)32-18-16-22-9-4-5-11-26(22)32/h1-5,7-9,11-15,24H,6,10,16-20H2,(H,30,34). The Kier molecular flexibility index (Phi) is 6.62. The predicted octanol–water partition coefficient (Wildman–Crippen LogP) is 4.31. The Hall–Kier alpha value is -3.93. The monoisotopic (exact) mass is 467 g/mol. The van der Waals surface area contributed by atoms with Crippen molar-refractivity contribution in [2.24, 2.45) is 5.92 Å². The normalized spacial score (nSPS) is 17.1. The Balaban J connectivity index is 1.18. The number of likely N-dealkylation sites (tertiary alicyclic amines) is 1. The number of para-hydroxylation sites is 1. The summed E-state index contributed by atoms with van der Waals surface area (Å²) < 4.78 is 0. The number of rotatable bonds is 5. The second kappa shape index (κ2) is 10.1. The molecule has 1 atom stereocenters. The van der Waals surface area contributed by atoms with E-state index in [-0.39, 0.29) is 23.6 Å². The molecule has 0 aromatic heterocycles. The highest BCUT2D eigenvalue weighted by Gasteiger charge is 2.29. The molecule has 2 heterocycles. The summed E-state index contributed by atoms with van der Waals surface area (Å²) in [6.07, 6.45) is 2.78. The number of nitrogens with zero attached hydrogens (tertiary/aromatic N) is 2. The van der Waals surface area contributed by atoms with Crippen LogP contribution in [0, 0.1) is 5.92 Å². The molecule has 3 aromatic carbocycles. The van der Waals surface area contributed by atoms with Crippen molar-refractivity contribution in [2.75, 3.05) is 29.9 Å². The maximum Gasteiger partial charge on any atom is 0.258 e. The molecular formula is C29H29N3O3. The summed E-state index contributed by atoms with van der Waals surface area (Å²) in [5.41, 5.74) is 4.39. The van der Waals surface area contributed by atoms with E-state index in [1.54, 1.807) is 29.2 Å². The molecule has 35 heavy (non-hydrogen) atoms. The van der Waals surface area contributed by atoms with E-state index in [1.807, 2.05) is 53.4 Å². The SMILES string of the molecule is O=C(Nc1ccc(C(=O)N2CCc3ccccc32)cc1)C1CCCN(C(=O)Cc2ccccc2)C1. The van der Waals surface area contributed by atoms with Crippen LogP contribution in [0.5, 0.6) is 0 Å². The summed E-state index contributed by atoms with van der Waals surface area (Å²) in [7, 11) is 0.